The van der Waals surface area contributed by atoms with Gasteiger partial charge in [-0.3, -0.25) is 14.9 Å². The summed E-state index contributed by atoms with van der Waals surface area (Å²) in [4.78, 5) is 30.1. The van der Waals surface area contributed by atoms with E-state index in [-0.39, 0.29) is 17.5 Å². The van der Waals surface area contributed by atoms with Gasteiger partial charge in [-0.15, -0.1) is 11.3 Å². The molecule has 0 atom stereocenters. The molecule has 27 heavy (non-hydrogen) atoms. The fraction of sp³-hybridized carbons (Fsp3) is 0.286. The Morgan fingerprint density at radius 1 is 1.30 bits per heavy atom. The zero-order valence-electron chi connectivity index (χ0n) is 15.3. The number of hydrogen-bond donors (Lipinski definition) is 1. The summed E-state index contributed by atoms with van der Waals surface area (Å²) in [5.74, 6) is 0.552. The Bertz CT molecular complexity index is 1030. The summed E-state index contributed by atoms with van der Waals surface area (Å²) in [6, 6.07) is 8.33. The van der Waals surface area contributed by atoms with E-state index in [9.17, 15) is 9.59 Å². The maximum Gasteiger partial charge on any atom is 0.293 e. The Morgan fingerprint density at radius 3 is 2.93 bits per heavy atom. The first-order valence-electron chi connectivity index (χ1n) is 8.98. The molecule has 3 aromatic rings. The van der Waals surface area contributed by atoms with Crippen molar-refractivity contribution in [1.82, 2.24) is 4.98 Å². The van der Waals surface area contributed by atoms with E-state index in [1.807, 2.05) is 6.07 Å². The number of amides is 1. The van der Waals surface area contributed by atoms with Crippen molar-refractivity contribution in [3.63, 3.8) is 0 Å². The number of Topliss-reactive ketones (excluding diaryl/α,β-unsaturated/α-hetero) is 1. The van der Waals surface area contributed by atoms with Gasteiger partial charge in [0.05, 0.1) is 5.56 Å². The van der Waals surface area contributed by atoms with Gasteiger partial charge in [0.2, 0.25) is 0 Å². The average molecular weight is 380 g/mol. The largest absolute Gasteiger partial charge is 0.455 e. The SMILES string of the molecule is Cc1cccc(Cc2cnc(NC(=O)c3oc4c(c3C)C(=O)CCC4)s2)c1. The zero-order chi connectivity index (χ0) is 19.0. The maximum absolute atomic E-state index is 12.6. The molecule has 2 heterocycles. The molecule has 6 heteroatoms. The number of nitrogens with one attached hydrogen (secondary N) is 1. The molecule has 0 fully saturated rings. The third-order valence-corrected chi connectivity index (χ3v) is 5.66. The first-order chi connectivity index (χ1) is 13.0. The summed E-state index contributed by atoms with van der Waals surface area (Å²) in [5, 5.41) is 3.33. The van der Waals surface area contributed by atoms with E-state index in [0.29, 0.717) is 34.9 Å². The van der Waals surface area contributed by atoms with Crippen LogP contribution in [0.1, 0.15) is 61.1 Å². The van der Waals surface area contributed by atoms with Crippen molar-refractivity contribution in [2.45, 2.75) is 39.5 Å². The van der Waals surface area contributed by atoms with E-state index >= 15 is 0 Å². The summed E-state index contributed by atoms with van der Waals surface area (Å²) in [5.41, 5.74) is 3.65. The molecule has 1 amide bonds. The van der Waals surface area contributed by atoms with Gasteiger partial charge in [-0.1, -0.05) is 29.8 Å². The van der Waals surface area contributed by atoms with Crippen molar-refractivity contribution in [3.8, 4) is 0 Å². The summed E-state index contributed by atoms with van der Waals surface area (Å²) in [6.07, 6.45) is 4.55. The summed E-state index contributed by atoms with van der Waals surface area (Å²) in [6.45, 7) is 3.84. The maximum atomic E-state index is 12.6. The standard InChI is InChI=1S/C21H20N2O3S/c1-12-5-3-6-14(9-12)10-15-11-22-21(27-15)23-20(25)19-13(2)18-16(24)7-4-8-17(18)26-19/h3,5-6,9,11H,4,7-8,10H2,1-2H3,(H,22,23,25). The quantitative estimate of drug-likeness (QED) is 0.711. The highest BCUT2D eigenvalue weighted by atomic mass is 32.1. The van der Waals surface area contributed by atoms with Crippen LogP contribution in [0.15, 0.2) is 34.9 Å². The number of carbonyl (C=O) groups excluding carboxylic acids is 2. The Hall–Kier alpha value is -2.73. The summed E-state index contributed by atoms with van der Waals surface area (Å²) in [7, 11) is 0. The van der Waals surface area contributed by atoms with Gasteiger partial charge in [-0.25, -0.2) is 4.98 Å². The summed E-state index contributed by atoms with van der Waals surface area (Å²) < 4.78 is 5.70. The van der Waals surface area contributed by atoms with Crippen LogP contribution in [-0.2, 0) is 12.8 Å². The van der Waals surface area contributed by atoms with E-state index in [1.165, 1.54) is 22.5 Å². The van der Waals surface area contributed by atoms with Gasteiger partial charge >= 0.3 is 0 Å². The lowest BCUT2D eigenvalue weighted by molar-refractivity contribution is 0.0963. The van der Waals surface area contributed by atoms with E-state index < -0.39 is 0 Å². The van der Waals surface area contributed by atoms with Gasteiger partial charge in [0.1, 0.15) is 5.76 Å². The molecule has 0 unspecified atom stereocenters. The third kappa shape index (κ3) is 3.57. The topological polar surface area (TPSA) is 72.2 Å². The number of ketones is 1. The minimum absolute atomic E-state index is 0.0613. The first kappa shape index (κ1) is 17.7. The monoisotopic (exact) mass is 380 g/mol. The average Bonchev–Trinajstić information content (AvgIpc) is 3.20. The van der Waals surface area contributed by atoms with E-state index in [4.69, 9.17) is 4.42 Å². The lowest BCUT2D eigenvalue weighted by Gasteiger charge is -2.07. The van der Waals surface area contributed by atoms with Crippen molar-refractivity contribution >= 4 is 28.2 Å². The molecule has 5 nitrogen and oxygen atoms in total. The number of rotatable bonds is 4. The number of carbonyl (C=O) groups is 2. The predicted octanol–water partition coefficient (Wildman–Crippen LogP) is 4.72. The number of thiazole rings is 1. The van der Waals surface area contributed by atoms with Crippen molar-refractivity contribution in [2.75, 3.05) is 5.32 Å². The molecule has 0 radical (unpaired) electrons. The molecule has 2 aromatic heterocycles. The minimum atomic E-state index is -0.355. The number of nitrogens with zero attached hydrogens (tertiary/aromatic N) is 1. The normalized spacial score (nSPS) is 13.5. The number of fused-ring (bicyclic) bond motifs is 1. The summed E-state index contributed by atoms with van der Waals surface area (Å²) >= 11 is 1.45. The Labute approximate surface area is 161 Å². The molecule has 1 aromatic carbocycles. The molecule has 0 spiro atoms. The number of aryl methyl sites for hydroxylation is 2. The molecule has 4 rings (SSSR count). The highest BCUT2D eigenvalue weighted by Crippen LogP contribution is 2.30. The second-order valence-corrected chi connectivity index (χ2v) is 8.00. The highest BCUT2D eigenvalue weighted by molar-refractivity contribution is 7.15. The van der Waals surface area contributed by atoms with Crippen molar-refractivity contribution < 1.29 is 14.0 Å². The third-order valence-electron chi connectivity index (χ3n) is 4.75. The fourth-order valence-electron chi connectivity index (χ4n) is 3.49. The van der Waals surface area contributed by atoms with E-state index in [1.54, 1.807) is 13.1 Å². The minimum Gasteiger partial charge on any atom is -0.455 e. The molecule has 0 saturated carbocycles. The van der Waals surface area contributed by atoms with Gasteiger partial charge in [-0.05, 0) is 25.8 Å². The number of furan rings is 1. The zero-order valence-corrected chi connectivity index (χ0v) is 16.1. The molecular formula is C21H20N2O3S. The first-order valence-corrected chi connectivity index (χ1v) is 9.80. The molecule has 1 N–H and O–H groups in total. The predicted molar refractivity (Wildman–Crippen MR) is 105 cm³/mol. The van der Waals surface area contributed by atoms with Crippen LogP contribution in [0.25, 0.3) is 0 Å². The van der Waals surface area contributed by atoms with Crippen LogP contribution in [0.4, 0.5) is 5.13 Å². The van der Waals surface area contributed by atoms with Crippen molar-refractivity contribution in [3.05, 3.63) is 69.1 Å². The van der Waals surface area contributed by atoms with Crippen LogP contribution in [0.3, 0.4) is 0 Å². The van der Waals surface area contributed by atoms with Gasteiger partial charge in [0.25, 0.3) is 5.91 Å². The second-order valence-electron chi connectivity index (χ2n) is 6.88. The van der Waals surface area contributed by atoms with Gasteiger partial charge < -0.3 is 4.42 Å². The molecule has 1 aliphatic rings. The van der Waals surface area contributed by atoms with Crippen LogP contribution in [-0.4, -0.2) is 16.7 Å². The Balaban J connectivity index is 1.49. The molecule has 0 saturated heterocycles. The van der Waals surface area contributed by atoms with Gasteiger partial charge in [0.15, 0.2) is 16.7 Å². The lowest BCUT2D eigenvalue weighted by Crippen LogP contribution is -2.13. The lowest BCUT2D eigenvalue weighted by atomic mass is 9.94. The number of aromatic nitrogens is 1. The van der Waals surface area contributed by atoms with Crippen molar-refractivity contribution in [1.29, 1.82) is 0 Å². The van der Waals surface area contributed by atoms with Gasteiger partial charge in [0, 0.05) is 35.9 Å². The van der Waals surface area contributed by atoms with Gasteiger partial charge in [-0.2, -0.15) is 0 Å². The fourth-order valence-corrected chi connectivity index (χ4v) is 4.33. The molecule has 1 aliphatic carbocycles. The number of hydrogen-bond acceptors (Lipinski definition) is 5. The van der Waals surface area contributed by atoms with Crippen LogP contribution in [0.2, 0.25) is 0 Å². The molecule has 138 valence electrons. The van der Waals surface area contributed by atoms with Crippen LogP contribution < -0.4 is 5.32 Å². The van der Waals surface area contributed by atoms with E-state index in [0.717, 1.165) is 17.7 Å². The Kier molecular flexibility index (Phi) is 4.66. The van der Waals surface area contributed by atoms with Crippen molar-refractivity contribution in [2.24, 2.45) is 0 Å². The molecule has 0 aliphatic heterocycles. The Morgan fingerprint density at radius 2 is 2.15 bits per heavy atom. The molecule has 0 bridgehead atoms. The van der Waals surface area contributed by atoms with Crippen LogP contribution in [0, 0.1) is 13.8 Å². The highest BCUT2D eigenvalue weighted by Gasteiger charge is 2.29. The van der Waals surface area contributed by atoms with Crippen LogP contribution in [0.5, 0.6) is 0 Å². The number of anilines is 1. The second kappa shape index (κ2) is 7.12. The number of benzene rings is 1. The molecular weight excluding hydrogens is 360 g/mol. The van der Waals surface area contributed by atoms with E-state index in [2.05, 4.69) is 35.4 Å². The smallest absolute Gasteiger partial charge is 0.293 e. The van der Waals surface area contributed by atoms with Crippen LogP contribution >= 0.6 is 11.3 Å².